The van der Waals surface area contributed by atoms with Gasteiger partial charge in [-0.2, -0.15) is 0 Å². The number of amides is 1. The van der Waals surface area contributed by atoms with E-state index >= 15 is 0 Å². The van der Waals surface area contributed by atoms with Crippen LogP contribution in [-0.2, 0) is 4.79 Å². The molecule has 2 N–H and O–H groups in total. The van der Waals surface area contributed by atoms with Gasteiger partial charge in [0.2, 0.25) is 5.91 Å². The predicted octanol–water partition coefficient (Wildman–Crippen LogP) is 0.361. The quantitative estimate of drug-likeness (QED) is 0.602. The summed E-state index contributed by atoms with van der Waals surface area (Å²) in [6.07, 6.45) is 4.76. The van der Waals surface area contributed by atoms with Gasteiger partial charge in [-0.25, -0.2) is 0 Å². The Morgan fingerprint density at radius 2 is 1.93 bits per heavy atom. The molecule has 0 aromatic rings. The van der Waals surface area contributed by atoms with Crippen molar-refractivity contribution in [2.45, 2.75) is 32.1 Å². The molecule has 0 unspecified atom stereocenters. The molecule has 0 spiro atoms. The molecule has 1 saturated heterocycles. The van der Waals surface area contributed by atoms with E-state index in [-0.39, 0.29) is 12.5 Å². The predicted molar refractivity (Wildman–Crippen MR) is 59.6 cm³/mol. The lowest BCUT2D eigenvalue weighted by molar-refractivity contribution is -0.130. The van der Waals surface area contributed by atoms with Gasteiger partial charge in [-0.3, -0.25) is 4.79 Å². The number of aliphatic hydroxyl groups is 1. The minimum absolute atomic E-state index is 0.258. The standard InChI is InChI=1S/C11H22N2O2/c14-10-4-1-6-12-7-5-11(15)13-8-2-3-9-13/h12,14H,1-10H2. The number of hydrogen-bond acceptors (Lipinski definition) is 3. The van der Waals surface area contributed by atoms with Crippen LogP contribution in [0.4, 0.5) is 0 Å². The van der Waals surface area contributed by atoms with Crippen molar-refractivity contribution in [2.24, 2.45) is 0 Å². The molecule has 0 aromatic heterocycles. The van der Waals surface area contributed by atoms with E-state index in [1.165, 1.54) is 0 Å². The summed E-state index contributed by atoms with van der Waals surface area (Å²) in [5, 5.41) is 11.8. The minimum atomic E-state index is 0.258. The van der Waals surface area contributed by atoms with Crippen LogP contribution in [0, 0.1) is 0 Å². The SMILES string of the molecule is O=C(CCNCCCCO)N1CCCC1. The minimum Gasteiger partial charge on any atom is -0.396 e. The summed E-state index contributed by atoms with van der Waals surface area (Å²) < 4.78 is 0. The summed E-state index contributed by atoms with van der Waals surface area (Å²) in [5.41, 5.74) is 0. The summed E-state index contributed by atoms with van der Waals surface area (Å²) >= 11 is 0. The molecule has 4 nitrogen and oxygen atoms in total. The summed E-state index contributed by atoms with van der Waals surface area (Å²) in [6, 6.07) is 0. The van der Waals surface area contributed by atoms with Crippen LogP contribution in [0.5, 0.6) is 0 Å². The van der Waals surface area contributed by atoms with Gasteiger partial charge < -0.3 is 15.3 Å². The Balaban J connectivity index is 1.92. The Morgan fingerprint density at radius 3 is 2.60 bits per heavy atom. The Labute approximate surface area is 91.6 Å². The Hall–Kier alpha value is -0.610. The van der Waals surface area contributed by atoms with Crippen molar-refractivity contribution >= 4 is 5.91 Å². The van der Waals surface area contributed by atoms with E-state index in [1.807, 2.05) is 4.90 Å². The third-order valence-electron chi connectivity index (χ3n) is 2.74. The molecule has 1 aliphatic heterocycles. The van der Waals surface area contributed by atoms with Gasteiger partial charge in [0.15, 0.2) is 0 Å². The average molecular weight is 214 g/mol. The molecule has 1 heterocycles. The van der Waals surface area contributed by atoms with Crippen molar-refractivity contribution in [3.05, 3.63) is 0 Å². The van der Waals surface area contributed by atoms with E-state index in [1.54, 1.807) is 0 Å². The molecular weight excluding hydrogens is 192 g/mol. The van der Waals surface area contributed by atoms with E-state index in [2.05, 4.69) is 5.32 Å². The fourth-order valence-corrected chi connectivity index (χ4v) is 1.81. The van der Waals surface area contributed by atoms with E-state index < -0.39 is 0 Å². The molecule has 88 valence electrons. The van der Waals surface area contributed by atoms with Crippen LogP contribution in [0.1, 0.15) is 32.1 Å². The Bertz CT molecular complexity index is 179. The third kappa shape index (κ3) is 5.14. The highest BCUT2D eigenvalue weighted by molar-refractivity contribution is 5.76. The second-order valence-electron chi connectivity index (χ2n) is 4.02. The van der Waals surface area contributed by atoms with Crippen molar-refractivity contribution in [3.8, 4) is 0 Å². The molecule has 0 aliphatic carbocycles. The van der Waals surface area contributed by atoms with E-state index in [0.29, 0.717) is 6.42 Å². The van der Waals surface area contributed by atoms with Crippen LogP contribution in [0.3, 0.4) is 0 Å². The highest BCUT2D eigenvalue weighted by Gasteiger charge is 2.16. The van der Waals surface area contributed by atoms with Gasteiger partial charge in [0.25, 0.3) is 0 Å². The highest BCUT2D eigenvalue weighted by atomic mass is 16.2. The molecule has 4 heteroatoms. The number of hydrogen-bond donors (Lipinski definition) is 2. The largest absolute Gasteiger partial charge is 0.396 e. The number of nitrogens with one attached hydrogen (secondary N) is 1. The molecule has 0 bridgehead atoms. The first kappa shape index (κ1) is 12.5. The van der Waals surface area contributed by atoms with Crippen LogP contribution < -0.4 is 5.32 Å². The van der Waals surface area contributed by atoms with Gasteiger partial charge in [-0.15, -0.1) is 0 Å². The lowest BCUT2D eigenvalue weighted by atomic mass is 10.3. The van der Waals surface area contributed by atoms with Crippen molar-refractivity contribution in [1.29, 1.82) is 0 Å². The molecule has 1 amide bonds. The van der Waals surface area contributed by atoms with Gasteiger partial charge >= 0.3 is 0 Å². The molecular formula is C11H22N2O2. The van der Waals surface area contributed by atoms with Gasteiger partial charge in [0.05, 0.1) is 0 Å². The van der Waals surface area contributed by atoms with Crippen molar-refractivity contribution in [1.82, 2.24) is 10.2 Å². The first-order valence-corrected chi connectivity index (χ1v) is 5.94. The fourth-order valence-electron chi connectivity index (χ4n) is 1.81. The maximum absolute atomic E-state index is 11.6. The summed E-state index contributed by atoms with van der Waals surface area (Å²) in [6.45, 7) is 3.82. The summed E-state index contributed by atoms with van der Waals surface area (Å²) in [5.74, 6) is 0.280. The smallest absolute Gasteiger partial charge is 0.223 e. The zero-order chi connectivity index (χ0) is 10.9. The van der Waals surface area contributed by atoms with E-state index in [9.17, 15) is 4.79 Å². The van der Waals surface area contributed by atoms with E-state index in [4.69, 9.17) is 5.11 Å². The zero-order valence-electron chi connectivity index (χ0n) is 9.37. The molecule has 0 aromatic carbocycles. The number of carbonyl (C=O) groups excluding carboxylic acids is 1. The lowest BCUT2D eigenvalue weighted by Crippen LogP contribution is -2.30. The average Bonchev–Trinajstić information content (AvgIpc) is 2.76. The van der Waals surface area contributed by atoms with Gasteiger partial charge in [-0.1, -0.05) is 0 Å². The van der Waals surface area contributed by atoms with Gasteiger partial charge in [0.1, 0.15) is 0 Å². The zero-order valence-corrected chi connectivity index (χ0v) is 9.37. The second-order valence-corrected chi connectivity index (χ2v) is 4.02. The van der Waals surface area contributed by atoms with Crippen LogP contribution in [0.15, 0.2) is 0 Å². The summed E-state index contributed by atoms with van der Waals surface area (Å²) in [7, 11) is 0. The lowest BCUT2D eigenvalue weighted by Gasteiger charge is -2.15. The molecule has 1 aliphatic rings. The first-order valence-electron chi connectivity index (χ1n) is 5.94. The monoisotopic (exact) mass is 214 g/mol. The molecule has 0 saturated carbocycles. The molecule has 1 fully saturated rings. The van der Waals surface area contributed by atoms with Crippen molar-refractivity contribution in [2.75, 3.05) is 32.8 Å². The van der Waals surface area contributed by atoms with Gasteiger partial charge in [-0.05, 0) is 32.2 Å². The Kier molecular flexibility index (Phi) is 6.36. The Morgan fingerprint density at radius 1 is 1.20 bits per heavy atom. The number of unbranched alkanes of at least 4 members (excludes halogenated alkanes) is 1. The number of carbonyl (C=O) groups is 1. The molecule has 0 radical (unpaired) electrons. The fraction of sp³-hybridized carbons (Fsp3) is 0.909. The van der Waals surface area contributed by atoms with Crippen LogP contribution in [-0.4, -0.2) is 48.7 Å². The van der Waals surface area contributed by atoms with Crippen LogP contribution in [0.2, 0.25) is 0 Å². The van der Waals surface area contributed by atoms with Crippen molar-refractivity contribution < 1.29 is 9.90 Å². The molecule has 0 atom stereocenters. The molecule has 15 heavy (non-hydrogen) atoms. The second kappa shape index (κ2) is 7.65. The van der Waals surface area contributed by atoms with E-state index in [0.717, 1.165) is 51.9 Å². The van der Waals surface area contributed by atoms with Crippen LogP contribution in [0.25, 0.3) is 0 Å². The number of likely N-dealkylation sites (tertiary alicyclic amines) is 1. The maximum atomic E-state index is 11.6. The highest BCUT2D eigenvalue weighted by Crippen LogP contribution is 2.08. The number of nitrogens with zero attached hydrogens (tertiary/aromatic N) is 1. The molecule has 1 rings (SSSR count). The third-order valence-corrected chi connectivity index (χ3v) is 2.74. The van der Waals surface area contributed by atoms with Crippen molar-refractivity contribution in [3.63, 3.8) is 0 Å². The van der Waals surface area contributed by atoms with Gasteiger partial charge in [0, 0.05) is 32.7 Å². The summed E-state index contributed by atoms with van der Waals surface area (Å²) in [4.78, 5) is 13.5. The number of aliphatic hydroxyl groups excluding tert-OH is 1. The first-order chi connectivity index (χ1) is 7.34. The topological polar surface area (TPSA) is 52.6 Å². The normalized spacial score (nSPS) is 15.9. The number of rotatable bonds is 7. The maximum Gasteiger partial charge on any atom is 0.223 e. The van der Waals surface area contributed by atoms with Crippen LogP contribution >= 0.6 is 0 Å².